The molecule has 4 N–H and O–H groups in total. The van der Waals surface area contributed by atoms with Crippen LogP contribution >= 0.6 is 0 Å². The topological polar surface area (TPSA) is 157 Å². The van der Waals surface area contributed by atoms with Crippen molar-refractivity contribution in [3.63, 3.8) is 0 Å². The number of nitriles is 1. The summed E-state index contributed by atoms with van der Waals surface area (Å²) in [7, 11) is 3.15. The summed E-state index contributed by atoms with van der Waals surface area (Å²) in [5.41, 5.74) is 6.04. The molecule has 0 spiro atoms. The molecule has 0 bridgehead atoms. The number of benzene rings is 2. The monoisotopic (exact) mass is 547 g/mol. The summed E-state index contributed by atoms with van der Waals surface area (Å²) in [6.45, 7) is 4.02. The number of nitrogens with one attached hydrogen (secondary N) is 4. The fourth-order valence-corrected chi connectivity index (χ4v) is 3.98. The molecule has 0 aliphatic carbocycles. The molecule has 1 amide bonds. The maximum absolute atomic E-state index is 12.5. The van der Waals surface area contributed by atoms with Gasteiger partial charge in [-0.3, -0.25) is 4.79 Å². The molecule has 0 saturated heterocycles. The van der Waals surface area contributed by atoms with Crippen LogP contribution in [-0.2, 0) is 4.74 Å². The van der Waals surface area contributed by atoms with Gasteiger partial charge in [-0.15, -0.1) is 0 Å². The van der Waals surface area contributed by atoms with Crippen LogP contribution in [0.5, 0.6) is 11.5 Å². The summed E-state index contributed by atoms with van der Waals surface area (Å²) in [4.78, 5) is 17.0. The third kappa shape index (κ3) is 7.46. The molecule has 1 unspecified atom stereocenters. The van der Waals surface area contributed by atoms with Crippen LogP contribution in [0.25, 0.3) is 5.57 Å². The van der Waals surface area contributed by atoms with Crippen molar-refractivity contribution in [1.82, 2.24) is 21.2 Å². The molecule has 4 rings (SSSR count). The predicted octanol–water partition coefficient (Wildman–Crippen LogP) is 2.66. The molecule has 13 heteroatoms. The number of aliphatic imine (C=N–C) groups is 1. The number of hydrogen-bond acceptors (Lipinski definition) is 12. The van der Waals surface area contributed by atoms with Crippen molar-refractivity contribution < 1.29 is 19.0 Å². The second kappa shape index (κ2) is 13.9. The van der Waals surface area contributed by atoms with E-state index in [0.717, 1.165) is 17.6 Å². The van der Waals surface area contributed by atoms with Gasteiger partial charge in [-0.25, -0.2) is 10.5 Å². The van der Waals surface area contributed by atoms with Gasteiger partial charge in [-0.1, -0.05) is 11.3 Å². The number of carbonyl (C=O) groups excluding carboxylic acids is 1. The van der Waals surface area contributed by atoms with Crippen molar-refractivity contribution in [1.29, 1.82) is 5.26 Å². The molecule has 2 aliphatic rings. The largest absolute Gasteiger partial charge is 0.495 e. The van der Waals surface area contributed by atoms with Gasteiger partial charge < -0.3 is 30.2 Å². The average Bonchev–Trinajstić information content (AvgIpc) is 3.50. The van der Waals surface area contributed by atoms with E-state index >= 15 is 0 Å². The SMILES string of the molecule is COCCNC(=O)c1ccc(OC)c(NC2N=CC(c3ccc(C#N)c(O[C@@H](C)CCN4CN=NN4)c3)=CN2)c1. The zero-order valence-corrected chi connectivity index (χ0v) is 22.7. The third-order valence-electron chi connectivity index (χ3n) is 6.16. The van der Waals surface area contributed by atoms with Gasteiger partial charge in [-0.05, 0) is 49.2 Å². The van der Waals surface area contributed by atoms with Crippen molar-refractivity contribution in [3.8, 4) is 17.6 Å². The third-order valence-corrected chi connectivity index (χ3v) is 6.16. The van der Waals surface area contributed by atoms with Crippen LogP contribution in [0.15, 0.2) is 57.9 Å². The molecule has 2 heterocycles. The first-order valence-corrected chi connectivity index (χ1v) is 12.8. The molecule has 2 atom stereocenters. The Hall–Kier alpha value is -4.67. The number of carbonyl (C=O) groups is 1. The minimum atomic E-state index is -0.490. The molecule has 0 fully saturated rings. The van der Waals surface area contributed by atoms with E-state index in [4.69, 9.17) is 14.2 Å². The van der Waals surface area contributed by atoms with E-state index in [1.54, 1.807) is 44.7 Å². The lowest BCUT2D eigenvalue weighted by Crippen LogP contribution is -2.33. The minimum absolute atomic E-state index is 0.127. The Kier molecular flexibility index (Phi) is 9.87. The number of anilines is 1. The number of hydrogen-bond donors (Lipinski definition) is 4. The van der Waals surface area contributed by atoms with Gasteiger partial charge >= 0.3 is 0 Å². The summed E-state index contributed by atoms with van der Waals surface area (Å²) in [5, 5.41) is 28.4. The lowest BCUT2D eigenvalue weighted by atomic mass is 10.0. The van der Waals surface area contributed by atoms with Crippen LogP contribution in [0.1, 0.15) is 34.8 Å². The van der Waals surface area contributed by atoms with Crippen LogP contribution < -0.4 is 31.0 Å². The summed E-state index contributed by atoms with van der Waals surface area (Å²) < 4.78 is 16.6. The molecule has 210 valence electrons. The molecule has 0 radical (unpaired) electrons. The van der Waals surface area contributed by atoms with E-state index in [1.807, 2.05) is 30.3 Å². The van der Waals surface area contributed by atoms with Gasteiger partial charge in [0.1, 0.15) is 24.2 Å². The first kappa shape index (κ1) is 28.3. The van der Waals surface area contributed by atoms with Gasteiger partial charge in [0.05, 0.1) is 31.1 Å². The van der Waals surface area contributed by atoms with Crippen molar-refractivity contribution in [2.75, 3.05) is 45.9 Å². The maximum atomic E-state index is 12.5. The van der Waals surface area contributed by atoms with E-state index in [2.05, 4.69) is 42.9 Å². The Bertz CT molecular complexity index is 1310. The molecule has 2 aromatic carbocycles. The fraction of sp³-hybridized carbons (Fsp3) is 0.370. The van der Waals surface area contributed by atoms with Crippen LogP contribution in [0.4, 0.5) is 5.69 Å². The molecular formula is C27H33N9O4. The Morgan fingerprint density at radius 2 is 2.12 bits per heavy atom. The normalized spacial score (nSPS) is 16.8. The Morgan fingerprint density at radius 1 is 1.25 bits per heavy atom. The number of amides is 1. The fourth-order valence-electron chi connectivity index (χ4n) is 3.98. The summed E-state index contributed by atoms with van der Waals surface area (Å²) in [6.07, 6.45) is 3.68. The van der Waals surface area contributed by atoms with Crippen molar-refractivity contribution in [3.05, 3.63) is 59.3 Å². The molecule has 13 nitrogen and oxygen atoms in total. The van der Waals surface area contributed by atoms with E-state index in [9.17, 15) is 10.1 Å². The lowest BCUT2D eigenvalue weighted by molar-refractivity contribution is 0.0937. The minimum Gasteiger partial charge on any atom is -0.495 e. The molecule has 2 aliphatic heterocycles. The average molecular weight is 548 g/mol. The van der Waals surface area contributed by atoms with E-state index in [1.165, 1.54) is 0 Å². The van der Waals surface area contributed by atoms with Crippen LogP contribution in [0.3, 0.4) is 0 Å². The molecule has 2 aromatic rings. The molecule has 0 aromatic heterocycles. The second-order valence-electron chi connectivity index (χ2n) is 9.04. The molecule has 40 heavy (non-hydrogen) atoms. The smallest absolute Gasteiger partial charge is 0.251 e. The van der Waals surface area contributed by atoms with Crippen LogP contribution in [-0.4, -0.2) is 70.1 Å². The number of ether oxygens (including phenoxy) is 3. The number of methoxy groups -OCH3 is 2. The van der Waals surface area contributed by atoms with Gasteiger partial charge in [-0.2, -0.15) is 15.4 Å². The summed E-state index contributed by atoms with van der Waals surface area (Å²) in [5.74, 6) is 0.876. The number of hydrazine groups is 1. The van der Waals surface area contributed by atoms with Gasteiger partial charge in [0.25, 0.3) is 5.91 Å². The number of nitrogens with zero attached hydrogens (tertiary/aromatic N) is 5. The Morgan fingerprint density at radius 3 is 2.83 bits per heavy atom. The van der Waals surface area contributed by atoms with E-state index in [-0.39, 0.29) is 12.0 Å². The van der Waals surface area contributed by atoms with Crippen LogP contribution in [0, 0.1) is 11.3 Å². The van der Waals surface area contributed by atoms with Gasteiger partial charge in [0, 0.05) is 43.8 Å². The Labute approximate surface area is 232 Å². The number of rotatable bonds is 13. The van der Waals surface area contributed by atoms with Crippen molar-refractivity contribution >= 4 is 23.4 Å². The Balaban J connectivity index is 1.39. The summed E-state index contributed by atoms with van der Waals surface area (Å²) in [6, 6.07) is 12.8. The van der Waals surface area contributed by atoms with Crippen molar-refractivity contribution in [2.45, 2.75) is 25.7 Å². The highest BCUT2D eigenvalue weighted by Crippen LogP contribution is 2.28. The number of allylic oxidation sites excluding steroid dienone is 1. The standard InChI is InChI=1S/C27H33N9O4/c1-18(8-10-36-17-32-34-35-36)40-25-13-19(4-5-21(25)14-28)22-15-30-27(31-16-22)33-23-12-20(6-7-24(23)39-3)26(37)29-9-11-38-2/h4-7,12-13,15-16,18,27,30,33H,8-11,17H2,1-3H3,(H,29,37)(H,32,35)/t18-,27?/m0/s1. The van der Waals surface area contributed by atoms with Gasteiger partial charge in [0.2, 0.25) is 0 Å². The molecule has 0 saturated carbocycles. The quantitative estimate of drug-likeness (QED) is 0.277. The second-order valence-corrected chi connectivity index (χ2v) is 9.04. The zero-order chi connectivity index (χ0) is 28.3. The predicted molar refractivity (Wildman–Crippen MR) is 150 cm³/mol. The van der Waals surface area contributed by atoms with Crippen LogP contribution in [0.2, 0.25) is 0 Å². The first-order valence-electron chi connectivity index (χ1n) is 12.8. The first-order chi connectivity index (χ1) is 19.5. The zero-order valence-electron chi connectivity index (χ0n) is 22.7. The van der Waals surface area contributed by atoms with Crippen molar-refractivity contribution in [2.24, 2.45) is 15.3 Å². The van der Waals surface area contributed by atoms with E-state index in [0.29, 0.717) is 54.7 Å². The lowest BCUT2D eigenvalue weighted by Gasteiger charge is -2.22. The maximum Gasteiger partial charge on any atom is 0.251 e. The van der Waals surface area contributed by atoms with E-state index < -0.39 is 6.29 Å². The summed E-state index contributed by atoms with van der Waals surface area (Å²) >= 11 is 0. The highest BCUT2D eigenvalue weighted by molar-refractivity contribution is 6.10. The highest BCUT2D eigenvalue weighted by Gasteiger charge is 2.17. The molecular weight excluding hydrogens is 514 g/mol. The highest BCUT2D eigenvalue weighted by atomic mass is 16.5. The van der Waals surface area contributed by atoms with Gasteiger partial charge in [0.15, 0.2) is 6.29 Å².